The monoisotopic (exact) mass is 464 g/mol. The number of fused-ring (bicyclic) bond motifs is 1. The summed E-state index contributed by atoms with van der Waals surface area (Å²) in [7, 11) is 1.50. The molecule has 0 spiro atoms. The number of aromatic nitrogens is 2. The Morgan fingerprint density at radius 2 is 1.85 bits per heavy atom. The molecule has 1 aliphatic rings. The van der Waals surface area contributed by atoms with Crippen molar-refractivity contribution in [3.8, 4) is 17.2 Å². The van der Waals surface area contributed by atoms with Crippen LogP contribution in [0.4, 0.5) is 5.69 Å². The fourth-order valence-electron chi connectivity index (χ4n) is 3.50. The third-order valence-corrected chi connectivity index (χ3v) is 5.13. The number of carbonyl (C=O) groups is 3. The molecule has 1 N–H and O–H groups in total. The lowest BCUT2D eigenvalue weighted by Gasteiger charge is -2.33. The SMILES string of the molecule is CCOC(=O)c1nn(-c2ccccc2)cc1OCC(=O)N1CC(C(=O)NC)Oc2ccccc21. The quantitative estimate of drug-likeness (QED) is 0.532. The van der Waals surface area contributed by atoms with Gasteiger partial charge in [-0.15, -0.1) is 0 Å². The smallest absolute Gasteiger partial charge is 0.362 e. The van der Waals surface area contributed by atoms with Crippen LogP contribution in [-0.4, -0.2) is 60.5 Å². The lowest BCUT2D eigenvalue weighted by molar-refractivity contribution is -0.128. The normalized spacial score (nSPS) is 14.5. The Balaban J connectivity index is 1.57. The highest BCUT2D eigenvalue weighted by Gasteiger charge is 2.33. The van der Waals surface area contributed by atoms with E-state index in [1.54, 1.807) is 31.2 Å². The van der Waals surface area contributed by atoms with E-state index in [2.05, 4.69) is 10.4 Å². The summed E-state index contributed by atoms with van der Waals surface area (Å²) in [6.07, 6.45) is 0.662. The Labute approximate surface area is 196 Å². The minimum atomic E-state index is -0.861. The number of anilines is 1. The number of benzene rings is 2. The van der Waals surface area contributed by atoms with Crippen molar-refractivity contribution in [2.75, 3.05) is 31.7 Å². The number of esters is 1. The number of nitrogens with one attached hydrogen (secondary N) is 1. The minimum absolute atomic E-state index is 0.0207. The van der Waals surface area contributed by atoms with Gasteiger partial charge < -0.3 is 24.4 Å². The van der Waals surface area contributed by atoms with Crippen LogP contribution in [0.5, 0.6) is 11.5 Å². The molecule has 4 rings (SSSR count). The van der Waals surface area contributed by atoms with Gasteiger partial charge in [-0.25, -0.2) is 9.48 Å². The van der Waals surface area contributed by atoms with Crippen molar-refractivity contribution in [2.45, 2.75) is 13.0 Å². The average Bonchev–Trinajstić information content (AvgIpc) is 3.31. The molecule has 10 nitrogen and oxygen atoms in total. The Morgan fingerprint density at radius 3 is 2.59 bits per heavy atom. The van der Waals surface area contributed by atoms with Gasteiger partial charge in [-0.1, -0.05) is 30.3 Å². The number of carbonyl (C=O) groups excluding carboxylic acids is 3. The Hall–Kier alpha value is -4.34. The second kappa shape index (κ2) is 10.1. The van der Waals surface area contributed by atoms with E-state index in [4.69, 9.17) is 14.2 Å². The van der Waals surface area contributed by atoms with E-state index < -0.39 is 18.0 Å². The molecule has 176 valence electrons. The first-order chi connectivity index (χ1) is 16.5. The lowest BCUT2D eigenvalue weighted by atomic mass is 10.1. The molecule has 0 saturated carbocycles. The van der Waals surface area contributed by atoms with Crippen LogP contribution >= 0.6 is 0 Å². The summed E-state index contributed by atoms with van der Waals surface area (Å²) in [4.78, 5) is 39.2. The van der Waals surface area contributed by atoms with Gasteiger partial charge in [0.2, 0.25) is 5.69 Å². The number of hydrogen-bond donors (Lipinski definition) is 1. The number of likely N-dealkylation sites (N-methyl/N-ethyl adjacent to an activating group) is 1. The van der Waals surface area contributed by atoms with E-state index >= 15 is 0 Å². The summed E-state index contributed by atoms with van der Waals surface area (Å²) < 4.78 is 18.1. The van der Waals surface area contributed by atoms with Crippen molar-refractivity contribution < 1.29 is 28.6 Å². The third-order valence-electron chi connectivity index (χ3n) is 5.13. The van der Waals surface area contributed by atoms with Crippen molar-refractivity contribution in [1.29, 1.82) is 0 Å². The molecule has 2 heterocycles. The highest BCUT2D eigenvalue weighted by molar-refractivity contribution is 5.98. The summed E-state index contributed by atoms with van der Waals surface area (Å²) in [6.45, 7) is 1.49. The van der Waals surface area contributed by atoms with Gasteiger partial charge in [-0.3, -0.25) is 9.59 Å². The maximum absolute atomic E-state index is 13.1. The molecule has 0 fully saturated rings. The van der Waals surface area contributed by atoms with Gasteiger partial charge >= 0.3 is 5.97 Å². The molecule has 1 aromatic heterocycles. The van der Waals surface area contributed by atoms with Gasteiger partial charge in [0.05, 0.1) is 30.7 Å². The Kier molecular flexibility index (Phi) is 6.77. The van der Waals surface area contributed by atoms with Crippen molar-refractivity contribution in [2.24, 2.45) is 0 Å². The van der Waals surface area contributed by atoms with Crippen LogP contribution < -0.4 is 19.7 Å². The number of amides is 2. The van der Waals surface area contributed by atoms with Crippen LogP contribution in [0.1, 0.15) is 17.4 Å². The summed E-state index contributed by atoms with van der Waals surface area (Å²) in [5.74, 6) is -0.884. The molecule has 34 heavy (non-hydrogen) atoms. The standard InChI is InChI=1S/C24H24N4O6/c1-3-32-24(31)22-19(14-28(26-22)16-9-5-4-6-10-16)33-15-21(29)27-13-20(23(30)25-2)34-18-12-8-7-11-17(18)27/h4-12,14,20H,3,13,15H2,1-2H3,(H,25,30). The predicted molar refractivity (Wildman–Crippen MR) is 122 cm³/mol. The Morgan fingerprint density at radius 1 is 1.12 bits per heavy atom. The number of para-hydroxylation sites is 3. The van der Waals surface area contributed by atoms with E-state index in [1.807, 2.05) is 30.3 Å². The van der Waals surface area contributed by atoms with Gasteiger partial charge in [0.25, 0.3) is 11.8 Å². The van der Waals surface area contributed by atoms with Gasteiger partial charge in [0.1, 0.15) is 5.75 Å². The zero-order valence-electron chi connectivity index (χ0n) is 18.8. The molecule has 0 aliphatic carbocycles. The highest BCUT2D eigenvalue weighted by atomic mass is 16.5. The summed E-state index contributed by atoms with van der Waals surface area (Å²) in [5.41, 5.74) is 1.20. The summed E-state index contributed by atoms with van der Waals surface area (Å²) >= 11 is 0. The van der Waals surface area contributed by atoms with Crippen LogP contribution in [-0.2, 0) is 14.3 Å². The average molecular weight is 464 g/mol. The predicted octanol–water partition coefficient (Wildman–Crippen LogP) is 1.97. The van der Waals surface area contributed by atoms with Crippen LogP contribution in [0.3, 0.4) is 0 Å². The number of ether oxygens (including phenoxy) is 3. The molecule has 3 aromatic rings. The minimum Gasteiger partial charge on any atom is -0.479 e. The zero-order chi connectivity index (χ0) is 24.1. The van der Waals surface area contributed by atoms with Crippen LogP contribution in [0, 0.1) is 0 Å². The van der Waals surface area contributed by atoms with E-state index in [0.717, 1.165) is 0 Å². The van der Waals surface area contributed by atoms with Crippen molar-refractivity contribution >= 4 is 23.5 Å². The molecule has 1 unspecified atom stereocenters. The maximum Gasteiger partial charge on any atom is 0.362 e. The number of rotatable bonds is 7. The van der Waals surface area contributed by atoms with Gasteiger partial charge in [-0.2, -0.15) is 5.10 Å². The van der Waals surface area contributed by atoms with Crippen LogP contribution in [0.25, 0.3) is 5.69 Å². The maximum atomic E-state index is 13.1. The summed E-state index contributed by atoms with van der Waals surface area (Å²) in [5, 5.41) is 6.83. The van der Waals surface area contributed by atoms with Crippen molar-refractivity contribution in [1.82, 2.24) is 15.1 Å². The first-order valence-electron chi connectivity index (χ1n) is 10.7. The van der Waals surface area contributed by atoms with E-state index in [1.165, 1.54) is 22.8 Å². The molecule has 0 bridgehead atoms. The molecule has 0 radical (unpaired) electrons. The highest BCUT2D eigenvalue weighted by Crippen LogP contribution is 2.33. The molecule has 1 aliphatic heterocycles. The van der Waals surface area contributed by atoms with Gasteiger partial charge in [0.15, 0.2) is 18.5 Å². The molecular formula is C24H24N4O6. The zero-order valence-corrected chi connectivity index (χ0v) is 18.8. The van der Waals surface area contributed by atoms with Crippen molar-refractivity contribution in [3.63, 3.8) is 0 Å². The molecule has 10 heteroatoms. The fourth-order valence-corrected chi connectivity index (χ4v) is 3.50. The third kappa shape index (κ3) is 4.70. The number of hydrogen-bond acceptors (Lipinski definition) is 7. The van der Waals surface area contributed by atoms with E-state index in [0.29, 0.717) is 17.1 Å². The Bertz CT molecular complexity index is 1190. The summed E-state index contributed by atoms with van der Waals surface area (Å²) in [6, 6.07) is 16.1. The molecular weight excluding hydrogens is 440 g/mol. The molecule has 2 aromatic carbocycles. The molecule has 0 saturated heterocycles. The van der Waals surface area contributed by atoms with Crippen LogP contribution in [0.15, 0.2) is 60.8 Å². The van der Waals surface area contributed by atoms with Gasteiger partial charge in [0, 0.05) is 7.05 Å². The topological polar surface area (TPSA) is 112 Å². The second-order valence-electron chi connectivity index (χ2n) is 7.32. The van der Waals surface area contributed by atoms with Gasteiger partial charge in [-0.05, 0) is 31.2 Å². The van der Waals surface area contributed by atoms with E-state index in [-0.39, 0.29) is 37.1 Å². The fraction of sp³-hybridized carbons (Fsp3) is 0.250. The first-order valence-corrected chi connectivity index (χ1v) is 10.7. The van der Waals surface area contributed by atoms with E-state index in [9.17, 15) is 14.4 Å². The largest absolute Gasteiger partial charge is 0.479 e. The van der Waals surface area contributed by atoms with Crippen LogP contribution in [0.2, 0.25) is 0 Å². The molecule has 1 atom stereocenters. The number of nitrogens with zero attached hydrogens (tertiary/aromatic N) is 3. The van der Waals surface area contributed by atoms with Crippen molar-refractivity contribution in [3.05, 3.63) is 66.5 Å². The molecule has 2 amide bonds. The first kappa shape index (κ1) is 22.8. The lowest BCUT2D eigenvalue weighted by Crippen LogP contribution is -2.51. The second-order valence-corrected chi connectivity index (χ2v) is 7.32.